The van der Waals surface area contributed by atoms with Gasteiger partial charge in [0.1, 0.15) is 17.4 Å². The quantitative estimate of drug-likeness (QED) is 0.443. The van der Waals surface area contributed by atoms with Gasteiger partial charge < -0.3 is 15.2 Å². The van der Waals surface area contributed by atoms with E-state index in [1.165, 1.54) is 18.2 Å². The molecule has 0 atom stereocenters. The van der Waals surface area contributed by atoms with Crippen molar-refractivity contribution in [2.75, 3.05) is 18.4 Å². The number of carbonyl (C=O) groups is 1. The number of rotatable bonds is 8. The number of hydrogen-bond donors (Lipinski definition) is 2. The Hall–Kier alpha value is -4.10. The molecule has 3 rings (SSSR count). The molecule has 0 saturated heterocycles. The summed E-state index contributed by atoms with van der Waals surface area (Å²) in [5.41, 5.74) is 2.26. The Kier molecular flexibility index (Phi) is 6.81. The van der Waals surface area contributed by atoms with Gasteiger partial charge in [0.2, 0.25) is 5.91 Å². The van der Waals surface area contributed by atoms with Gasteiger partial charge in [-0.05, 0) is 24.3 Å². The first-order valence-electron chi connectivity index (χ1n) is 9.47. The summed E-state index contributed by atoms with van der Waals surface area (Å²) in [6, 6.07) is 16.2. The van der Waals surface area contributed by atoms with Crippen LogP contribution in [0.15, 0.2) is 54.7 Å². The monoisotopic (exact) mass is 401 g/mol. The second-order valence-electron chi connectivity index (χ2n) is 6.53. The van der Waals surface area contributed by atoms with Gasteiger partial charge in [0.25, 0.3) is 0 Å². The fourth-order valence-electron chi connectivity index (χ4n) is 3.16. The maximum absolute atomic E-state index is 13.6. The number of aromatic nitrogens is 1. The van der Waals surface area contributed by atoms with Crippen LogP contribution in [-0.4, -0.2) is 23.6 Å². The van der Waals surface area contributed by atoms with Crippen molar-refractivity contribution in [3.05, 3.63) is 71.7 Å². The van der Waals surface area contributed by atoms with Crippen LogP contribution in [0.1, 0.15) is 17.5 Å². The number of aryl methyl sites for hydroxylation is 1. The predicted octanol–water partition coefficient (Wildman–Crippen LogP) is 3.81. The number of benzene rings is 2. The van der Waals surface area contributed by atoms with Gasteiger partial charge in [0.05, 0.1) is 18.2 Å². The first-order chi connectivity index (χ1) is 14.6. The van der Waals surface area contributed by atoms with E-state index >= 15 is 0 Å². The normalized spacial score (nSPS) is 10.6. The molecular formula is C23H20FN5O. The van der Waals surface area contributed by atoms with E-state index in [0.717, 1.165) is 16.5 Å². The Morgan fingerprint density at radius 1 is 1.13 bits per heavy atom. The average molecular weight is 401 g/mol. The molecule has 2 aromatic carbocycles. The summed E-state index contributed by atoms with van der Waals surface area (Å²) in [5.74, 6) is -0.839. The lowest BCUT2D eigenvalue weighted by molar-refractivity contribution is -0.116. The first kappa shape index (κ1) is 20.6. The Labute approximate surface area is 173 Å². The molecule has 1 aromatic heterocycles. The molecular weight excluding hydrogens is 381 g/mol. The summed E-state index contributed by atoms with van der Waals surface area (Å²) in [5, 5.41) is 24.6. The third-order valence-corrected chi connectivity index (χ3v) is 4.56. The van der Waals surface area contributed by atoms with Crippen LogP contribution in [0.5, 0.6) is 0 Å². The molecule has 0 spiro atoms. The molecule has 0 unspecified atom stereocenters. The van der Waals surface area contributed by atoms with E-state index in [9.17, 15) is 9.18 Å². The SMILES string of the molecule is N#CCCn1cc(/C=C/C(=O)NCCNc2cccc(F)c2C#N)c2ccccc21. The number of amides is 1. The van der Waals surface area contributed by atoms with Crippen LogP contribution in [0.25, 0.3) is 17.0 Å². The summed E-state index contributed by atoms with van der Waals surface area (Å²) in [4.78, 5) is 12.1. The van der Waals surface area contributed by atoms with E-state index in [0.29, 0.717) is 31.7 Å². The highest BCUT2D eigenvalue weighted by Gasteiger charge is 2.08. The lowest BCUT2D eigenvalue weighted by Crippen LogP contribution is -2.27. The standard InChI is InChI=1S/C23H20FN5O/c24-20-6-3-7-21(19(20)15-26)27-12-13-28-23(30)10-9-17-16-29(14-4-11-25)22-8-2-1-5-18(17)22/h1-3,5-10,16,27H,4,12-14H2,(H,28,30)/b10-9+. The smallest absolute Gasteiger partial charge is 0.244 e. The Morgan fingerprint density at radius 3 is 2.77 bits per heavy atom. The van der Waals surface area contributed by atoms with Gasteiger partial charge in [-0.2, -0.15) is 10.5 Å². The van der Waals surface area contributed by atoms with Crippen molar-refractivity contribution in [2.45, 2.75) is 13.0 Å². The predicted molar refractivity (Wildman–Crippen MR) is 114 cm³/mol. The molecule has 30 heavy (non-hydrogen) atoms. The highest BCUT2D eigenvalue weighted by Crippen LogP contribution is 2.23. The molecule has 0 fully saturated rings. The van der Waals surface area contributed by atoms with E-state index in [1.807, 2.05) is 41.1 Å². The third-order valence-electron chi connectivity index (χ3n) is 4.56. The van der Waals surface area contributed by atoms with Gasteiger partial charge >= 0.3 is 0 Å². The summed E-state index contributed by atoms with van der Waals surface area (Å²) < 4.78 is 15.6. The fourth-order valence-corrected chi connectivity index (χ4v) is 3.16. The van der Waals surface area contributed by atoms with Crippen molar-refractivity contribution in [2.24, 2.45) is 0 Å². The lowest BCUT2D eigenvalue weighted by Gasteiger charge is -2.08. The third kappa shape index (κ3) is 4.84. The molecule has 150 valence electrons. The van der Waals surface area contributed by atoms with E-state index in [4.69, 9.17) is 10.5 Å². The molecule has 0 saturated carbocycles. The van der Waals surface area contributed by atoms with Gasteiger partial charge in [-0.25, -0.2) is 4.39 Å². The zero-order valence-electron chi connectivity index (χ0n) is 16.2. The van der Waals surface area contributed by atoms with Crippen LogP contribution in [-0.2, 0) is 11.3 Å². The van der Waals surface area contributed by atoms with Gasteiger partial charge in [0, 0.05) is 48.4 Å². The minimum absolute atomic E-state index is 0.0449. The number of nitrogens with zero attached hydrogens (tertiary/aromatic N) is 3. The number of anilines is 1. The van der Waals surface area contributed by atoms with Gasteiger partial charge in [0.15, 0.2) is 0 Å². The summed E-state index contributed by atoms with van der Waals surface area (Å²) in [6.45, 7) is 1.26. The molecule has 2 N–H and O–H groups in total. The second kappa shape index (κ2) is 9.90. The van der Waals surface area contributed by atoms with Crippen molar-refractivity contribution in [3.63, 3.8) is 0 Å². The van der Waals surface area contributed by atoms with E-state index < -0.39 is 5.82 Å². The van der Waals surface area contributed by atoms with Crippen LogP contribution in [0, 0.1) is 28.5 Å². The summed E-state index contributed by atoms with van der Waals surface area (Å²) >= 11 is 0. The molecule has 0 aliphatic carbocycles. The van der Waals surface area contributed by atoms with Crippen molar-refractivity contribution in [3.8, 4) is 12.1 Å². The molecule has 0 aliphatic rings. The molecule has 1 heterocycles. The number of nitriles is 2. The van der Waals surface area contributed by atoms with Crippen molar-refractivity contribution in [1.29, 1.82) is 10.5 Å². The van der Waals surface area contributed by atoms with Gasteiger partial charge in [-0.3, -0.25) is 4.79 Å². The maximum Gasteiger partial charge on any atom is 0.244 e. The Balaban J connectivity index is 1.57. The molecule has 3 aromatic rings. The fraction of sp³-hybridized carbons (Fsp3) is 0.174. The Morgan fingerprint density at radius 2 is 1.97 bits per heavy atom. The zero-order valence-corrected chi connectivity index (χ0v) is 16.2. The van der Waals surface area contributed by atoms with Gasteiger partial charge in [-0.15, -0.1) is 0 Å². The highest BCUT2D eigenvalue weighted by atomic mass is 19.1. The molecule has 0 bridgehead atoms. The summed E-state index contributed by atoms with van der Waals surface area (Å²) in [6.07, 6.45) is 5.54. The van der Waals surface area contributed by atoms with Crippen LogP contribution >= 0.6 is 0 Å². The molecule has 6 nitrogen and oxygen atoms in total. The zero-order chi connectivity index (χ0) is 21.3. The molecule has 7 heteroatoms. The lowest BCUT2D eigenvalue weighted by atomic mass is 10.1. The minimum atomic E-state index is -0.580. The van der Waals surface area contributed by atoms with Crippen molar-refractivity contribution in [1.82, 2.24) is 9.88 Å². The van der Waals surface area contributed by atoms with E-state index in [2.05, 4.69) is 16.7 Å². The van der Waals surface area contributed by atoms with Crippen LogP contribution < -0.4 is 10.6 Å². The maximum atomic E-state index is 13.6. The number of fused-ring (bicyclic) bond motifs is 1. The average Bonchev–Trinajstić information content (AvgIpc) is 3.11. The minimum Gasteiger partial charge on any atom is -0.382 e. The van der Waals surface area contributed by atoms with Gasteiger partial charge in [-0.1, -0.05) is 24.3 Å². The molecule has 0 aliphatic heterocycles. The van der Waals surface area contributed by atoms with Crippen LogP contribution in [0.2, 0.25) is 0 Å². The summed E-state index contributed by atoms with van der Waals surface area (Å²) in [7, 11) is 0. The number of nitrogens with one attached hydrogen (secondary N) is 2. The van der Waals surface area contributed by atoms with Crippen LogP contribution in [0.3, 0.4) is 0 Å². The second-order valence-corrected chi connectivity index (χ2v) is 6.53. The largest absolute Gasteiger partial charge is 0.382 e. The molecule has 0 radical (unpaired) electrons. The Bertz CT molecular complexity index is 1170. The number of hydrogen-bond acceptors (Lipinski definition) is 4. The van der Waals surface area contributed by atoms with Crippen molar-refractivity contribution < 1.29 is 9.18 Å². The molecule has 1 amide bonds. The van der Waals surface area contributed by atoms with Crippen molar-refractivity contribution >= 4 is 28.6 Å². The van der Waals surface area contributed by atoms with E-state index in [1.54, 1.807) is 12.1 Å². The number of carbonyl (C=O) groups excluding carboxylic acids is 1. The van der Waals surface area contributed by atoms with Crippen LogP contribution in [0.4, 0.5) is 10.1 Å². The highest BCUT2D eigenvalue weighted by molar-refractivity contribution is 5.96. The topological polar surface area (TPSA) is 93.6 Å². The van der Waals surface area contributed by atoms with E-state index in [-0.39, 0.29) is 11.5 Å². The number of halogens is 1. The number of para-hydroxylation sites is 1. The first-order valence-corrected chi connectivity index (χ1v) is 9.47.